The maximum Gasteiger partial charge on any atom is 0.223 e. The number of aromatic nitrogens is 2. The summed E-state index contributed by atoms with van der Waals surface area (Å²) < 4.78 is 5.59. The van der Waals surface area contributed by atoms with Crippen molar-refractivity contribution in [3.05, 3.63) is 36.0 Å². The van der Waals surface area contributed by atoms with Crippen molar-refractivity contribution in [2.45, 2.75) is 27.2 Å². The van der Waals surface area contributed by atoms with Gasteiger partial charge in [-0.15, -0.1) is 0 Å². The molecule has 4 heteroatoms. The van der Waals surface area contributed by atoms with Gasteiger partial charge in [-0.25, -0.2) is 9.97 Å². The van der Waals surface area contributed by atoms with Crippen LogP contribution in [0.1, 0.15) is 26.0 Å². The molecule has 106 valence electrons. The molecule has 1 N–H and O–H groups in total. The van der Waals surface area contributed by atoms with E-state index in [1.54, 1.807) is 0 Å². The molecule has 4 nitrogen and oxygen atoms in total. The molecule has 0 bridgehead atoms. The summed E-state index contributed by atoms with van der Waals surface area (Å²) >= 11 is 0. The second kappa shape index (κ2) is 6.89. The molecule has 0 aliphatic rings. The molecular formula is C16H21N3O. The average molecular weight is 271 g/mol. The zero-order chi connectivity index (χ0) is 14.4. The van der Waals surface area contributed by atoms with Gasteiger partial charge in [0.25, 0.3) is 0 Å². The minimum Gasteiger partial charge on any atom is -0.494 e. The van der Waals surface area contributed by atoms with Gasteiger partial charge in [-0.05, 0) is 50.6 Å². The molecule has 0 saturated carbocycles. The van der Waals surface area contributed by atoms with Gasteiger partial charge in [0.15, 0.2) is 0 Å². The highest BCUT2D eigenvalue weighted by molar-refractivity contribution is 5.61. The van der Waals surface area contributed by atoms with E-state index in [1.165, 1.54) is 0 Å². The van der Waals surface area contributed by atoms with E-state index >= 15 is 0 Å². The van der Waals surface area contributed by atoms with Gasteiger partial charge in [0.1, 0.15) is 5.75 Å². The summed E-state index contributed by atoms with van der Waals surface area (Å²) in [6, 6.07) is 10.0. The van der Waals surface area contributed by atoms with Crippen LogP contribution in [-0.2, 0) is 0 Å². The van der Waals surface area contributed by atoms with Crippen molar-refractivity contribution < 1.29 is 4.74 Å². The normalized spacial score (nSPS) is 10.3. The van der Waals surface area contributed by atoms with Crippen molar-refractivity contribution in [2.75, 3.05) is 18.5 Å². The van der Waals surface area contributed by atoms with Crippen molar-refractivity contribution in [1.82, 2.24) is 9.97 Å². The molecule has 20 heavy (non-hydrogen) atoms. The molecule has 0 radical (unpaired) electrons. The summed E-state index contributed by atoms with van der Waals surface area (Å²) in [7, 11) is 0. The molecule has 1 heterocycles. The van der Waals surface area contributed by atoms with Gasteiger partial charge >= 0.3 is 0 Å². The van der Waals surface area contributed by atoms with Gasteiger partial charge in [0, 0.05) is 17.8 Å². The lowest BCUT2D eigenvalue weighted by molar-refractivity contribution is 0.317. The lowest BCUT2D eigenvalue weighted by atomic mass is 10.1. The van der Waals surface area contributed by atoms with Gasteiger partial charge in [-0.2, -0.15) is 0 Å². The Bertz CT molecular complexity index is 552. The lowest BCUT2D eigenvalue weighted by Crippen LogP contribution is -2.03. The first kappa shape index (κ1) is 14.3. The third-order valence-corrected chi connectivity index (χ3v) is 2.81. The van der Waals surface area contributed by atoms with Crippen molar-refractivity contribution in [3.63, 3.8) is 0 Å². The van der Waals surface area contributed by atoms with Crippen LogP contribution in [0.5, 0.6) is 5.75 Å². The minimum atomic E-state index is 0.675. The number of nitrogens with one attached hydrogen (secondary N) is 1. The molecule has 2 aromatic rings. The van der Waals surface area contributed by atoms with Crippen molar-refractivity contribution >= 4 is 5.95 Å². The number of anilines is 1. The third-order valence-electron chi connectivity index (χ3n) is 2.81. The Morgan fingerprint density at radius 1 is 1.10 bits per heavy atom. The van der Waals surface area contributed by atoms with E-state index in [4.69, 9.17) is 4.74 Å². The first-order valence-electron chi connectivity index (χ1n) is 7.05. The fourth-order valence-corrected chi connectivity index (χ4v) is 1.90. The van der Waals surface area contributed by atoms with E-state index < -0.39 is 0 Å². The van der Waals surface area contributed by atoms with E-state index in [-0.39, 0.29) is 0 Å². The number of aryl methyl sites for hydroxylation is 1. The molecular weight excluding hydrogens is 250 g/mol. The van der Waals surface area contributed by atoms with Crippen molar-refractivity contribution in [3.8, 4) is 17.0 Å². The molecule has 0 atom stereocenters. The molecule has 1 aromatic heterocycles. The van der Waals surface area contributed by atoms with Gasteiger partial charge in [-0.1, -0.05) is 6.92 Å². The van der Waals surface area contributed by atoms with E-state index in [2.05, 4.69) is 22.2 Å². The molecule has 0 unspecified atom stereocenters. The fourth-order valence-electron chi connectivity index (χ4n) is 1.90. The minimum absolute atomic E-state index is 0.675. The largest absolute Gasteiger partial charge is 0.494 e. The van der Waals surface area contributed by atoms with Gasteiger partial charge in [0.05, 0.1) is 12.3 Å². The Hall–Kier alpha value is -2.10. The molecule has 0 aliphatic carbocycles. The SMILES string of the molecule is CCCOc1ccc(-c2cc(C)nc(NCC)n2)cc1. The van der Waals surface area contributed by atoms with Crippen LogP contribution in [0.2, 0.25) is 0 Å². The summed E-state index contributed by atoms with van der Waals surface area (Å²) in [6.07, 6.45) is 1.01. The highest BCUT2D eigenvalue weighted by Gasteiger charge is 2.04. The van der Waals surface area contributed by atoms with Crippen LogP contribution in [0.25, 0.3) is 11.3 Å². The van der Waals surface area contributed by atoms with Crippen LogP contribution in [0.4, 0.5) is 5.95 Å². The zero-order valence-electron chi connectivity index (χ0n) is 12.3. The van der Waals surface area contributed by atoms with Crippen LogP contribution in [0.3, 0.4) is 0 Å². The Morgan fingerprint density at radius 2 is 1.85 bits per heavy atom. The summed E-state index contributed by atoms with van der Waals surface area (Å²) in [5.74, 6) is 1.57. The lowest BCUT2D eigenvalue weighted by Gasteiger charge is -2.08. The van der Waals surface area contributed by atoms with Crippen molar-refractivity contribution in [1.29, 1.82) is 0 Å². The average Bonchev–Trinajstić information content (AvgIpc) is 2.45. The first-order chi connectivity index (χ1) is 9.72. The number of benzene rings is 1. The van der Waals surface area contributed by atoms with Crippen molar-refractivity contribution in [2.24, 2.45) is 0 Å². The predicted molar refractivity (Wildman–Crippen MR) is 82.2 cm³/mol. The third kappa shape index (κ3) is 3.70. The molecule has 0 spiro atoms. The summed E-state index contributed by atoms with van der Waals surface area (Å²) in [4.78, 5) is 8.88. The Kier molecular flexibility index (Phi) is 4.93. The second-order valence-corrected chi connectivity index (χ2v) is 4.62. The standard InChI is InChI=1S/C16H21N3O/c1-4-10-20-14-8-6-13(7-9-14)15-11-12(3)18-16(19-15)17-5-2/h6-9,11H,4-5,10H2,1-3H3,(H,17,18,19). The Labute approximate surface area is 120 Å². The topological polar surface area (TPSA) is 47.0 Å². The maximum absolute atomic E-state index is 5.59. The summed E-state index contributed by atoms with van der Waals surface area (Å²) in [6.45, 7) is 7.67. The predicted octanol–water partition coefficient (Wildman–Crippen LogP) is 3.67. The second-order valence-electron chi connectivity index (χ2n) is 4.62. The van der Waals surface area contributed by atoms with Crippen LogP contribution in [0.15, 0.2) is 30.3 Å². The fraction of sp³-hybridized carbons (Fsp3) is 0.375. The smallest absolute Gasteiger partial charge is 0.223 e. The molecule has 2 rings (SSSR count). The molecule has 0 fully saturated rings. The van der Waals surface area contributed by atoms with Crippen LogP contribution >= 0.6 is 0 Å². The van der Waals surface area contributed by atoms with Crippen LogP contribution in [-0.4, -0.2) is 23.1 Å². The quantitative estimate of drug-likeness (QED) is 0.870. The number of hydrogen-bond donors (Lipinski definition) is 1. The van der Waals surface area contributed by atoms with Gasteiger partial charge in [-0.3, -0.25) is 0 Å². The molecule has 0 saturated heterocycles. The molecule has 0 amide bonds. The van der Waals surface area contributed by atoms with Gasteiger partial charge in [0.2, 0.25) is 5.95 Å². The van der Waals surface area contributed by atoms with Crippen LogP contribution in [0, 0.1) is 6.92 Å². The van der Waals surface area contributed by atoms with E-state index in [1.807, 2.05) is 44.2 Å². The Balaban J connectivity index is 2.22. The number of hydrogen-bond acceptors (Lipinski definition) is 4. The molecule has 1 aromatic carbocycles. The number of nitrogens with zero attached hydrogens (tertiary/aromatic N) is 2. The zero-order valence-corrected chi connectivity index (χ0v) is 12.3. The first-order valence-corrected chi connectivity index (χ1v) is 7.05. The van der Waals surface area contributed by atoms with E-state index in [9.17, 15) is 0 Å². The molecule has 0 aliphatic heterocycles. The highest BCUT2D eigenvalue weighted by Crippen LogP contribution is 2.22. The van der Waals surface area contributed by atoms with Gasteiger partial charge < -0.3 is 10.1 Å². The Morgan fingerprint density at radius 3 is 2.50 bits per heavy atom. The number of ether oxygens (including phenoxy) is 1. The summed E-state index contributed by atoms with van der Waals surface area (Å²) in [5.41, 5.74) is 2.95. The van der Waals surface area contributed by atoms with E-state index in [0.717, 1.165) is 42.3 Å². The summed E-state index contributed by atoms with van der Waals surface area (Å²) in [5, 5.41) is 3.15. The van der Waals surface area contributed by atoms with E-state index in [0.29, 0.717) is 5.95 Å². The number of rotatable bonds is 6. The monoisotopic (exact) mass is 271 g/mol. The maximum atomic E-state index is 5.59. The van der Waals surface area contributed by atoms with Crippen LogP contribution < -0.4 is 10.1 Å². The highest BCUT2D eigenvalue weighted by atomic mass is 16.5.